The standard InChI is InChI=1S/C27H27N5O5/c1-4-37-19-11-7-17(8-12-19)29-26(34)20-15-28-31-24(16-5-9-18(10-6-16)32(35)36)23-21(30-25(20)31)13-27(2,3)14-22(23)33/h5-12,15,24,30H,4,13-14H2,1-3H3,(H,29,34). The van der Waals surface area contributed by atoms with Crippen LogP contribution in [0.3, 0.4) is 0 Å². The Kier molecular flexibility index (Phi) is 6.02. The van der Waals surface area contributed by atoms with Crippen LogP contribution in [-0.4, -0.2) is 33.0 Å². The molecule has 0 radical (unpaired) electrons. The van der Waals surface area contributed by atoms with Crippen LogP contribution in [0, 0.1) is 15.5 Å². The molecule has 10 nitrogen and oxygen atoms in total. The van der Waals surface area contributed by atoms with E-state index in [9.17, 15) is 19.7 Å². The van der Waals surface area contributed by atoms with E-state index in [0.29, 0.717) is 53.4 Å². The number of fused-ring (bicyclic) bond motifs is 1. The van der Waals surface area contributed by atoms with Crippen molar-refractivity contribution >= 4 is 28.9 Å². The number of hydrogen-bond donors (Lipinski definition) is 2. The van der Waals surface area contributed by atoms with Gasteiger partial charge in [-0.05, 0) is 60.7 Å². The van der Waals surface area contributed by atoms with Gasteiger partial charge in [0, 0.05) is 35.5 Å². The number of nitrogens with one attached hydrogen (secondary N) is 2. The molecule has 1 aliphatic carbocycles. The minimum atomic E-state index is -0.609. The molecule has 2 aromatic carbocycles. The number of anilines is 2. The first kappa shape index (κ1) is 24.2. The molecule has 0 saturated heterocycles. The van der Waals surface area contributed by atoms with Crippen molar-refractivity contribution in [2.45, 2.75) is 39.7 Å². The van der Waals surface area contributed by atoms with E-state index < -0.39 is 11.0 Å². The summed E-state index contributed by atoms with van der Waals surface area (Å²) in [6.45, 7) is 6.51. The van der Waals surface area contributed by atoms with Gasteiger partial charge < -0.3 is 15.4 Å². The average molecular weight is 502 g/mol. The van der Waals surface area contributed by atoms with E-state index in [4.69, 9.17) is 4.74 Å². The first-order valence-corrected chi connectivity index (χ1v) is 12.1. The molecule has 0 fully saturated rings. The Hall–Kier alpha value is -4.47. The SMILES string of the molecule is CCOc1ccc(NC(=O)c2cnn3c2NC2=C(C(=O)CC(C)(C)C2)C3c2ccc([N+](=O)[O-])cc2)cc1. The molecule has 5 rings (SSSR count). The van der Waals surface area contributed by atoms with Crippen LogP contribution >= 0.6 is 0 Å². The van der Waals surface area contributed by atoms with Crippen molar-refractivity contribution in [1.29, 1.82) is 0 Å². The van der Waals surface area contributed by atoms with Gasteiger partial charge in [0.05, 0.1) is 17.7 Å². The maximum atomic E-state index is 13.3. The second-order valence-electron chi connectivity index (χ2n) is 9.97. The Balaban J connectivity index is 1.53. The summed E-state index contributed by atoms with van der Waals surface area (Å²) in [5.41, 5.74) is 2.62. The predicted molar refractivity (Wildman–Crippen MR) is 138 cm³/mol. The predicted octanol–water partition coefficient (Wildman–Crippen LogP) is 5.10. The van der Waals surface area contributed by atoms with Crippen molar-refractivity contribution in [3.63, 3.8) is 0 Å². The van der Waals surface area contributed by atoms with Gasteiger partial charge in [-0.25, -0.2) is 4.68 Å². The molecule has 1 amide bonds. The summed E-state index contributed by atoms with van der Waals surface area (Å²) in [6, 6.07) is 12.6. The summed E-state index contributed by atoms with van der Waals surface area (Å²) in [6.07, 6.45) is 2.46. The van der Waals surface area contributed by atoms with E-state index in [-0.39, 0.29) is 22.8 Å². The lowest BCUT2D eigenvalue weighted by Crippen LogP contribution is -2.37. The summed E-state index contributed by atoms with van der Waals surface area (Å²) >= 11 is 0. The second kappa shape index (κ2) is 9.20. The second-order valence-corrected chi connectivity index (χ2v) is 9.97. The summed E-state index contributed by atoms with van der Waals surface area (Å²) in [7, 11) is 0. The Labute approximate surface area is 213 Å². The maximum Gasteiger partial charge on any atom is 0.269 e. The average Bonchev–Trinajstić information content (AvgIpc) is 3.27. The fourth-order valence-corrected chi connectivity index (χ4v) is 4.96. The number of aromatic nitrogens is 2. The smallest absolute Gasteiger partial charge is 0.269 e. The number of amides is 1. The molecule has 0 spiro atoms. The summed E-state index contributed by atoms with van der Waals surface area (Å²) < 4.78 is 7.07. The quantitative estimate of drug-likeness (QED) is 0.355. The number of nitro benzene ring substituents is 1. The third-order valence-electron chi connectivity index (χ3n) is 6.59. The molecule has 3 aromatic rings. The molecular weight excluding hydrogens is 474 g/mol. The van der Waals surface area contributed by atoms with Crippen LogP contribution in [0.25, 0.3) is 0 Å². The molecule has 37 heavy (non-hydrogen) atoms. The van der Waals surface area contributed by atoms with E-state index in [2.05, 4.69) is 15.7 Å². The summed E-state index contributed by atoms with van der Waals surface area (Å²) in [5, 5.41) is 21.9. The number of Topliss-reactive ketones (excluding diaryl/α,β-unsaturated/α-hetero) is 1. The van der Waals surface area contributed by atoms with Crippen molar-refractivity contribution in [3.8, 4) is 5.75 Å². The highest BCUT2D eigenvalue weighted by molar-refractivity contribution is 6.08. The maximum absolute atomic E-state index is 13.3. The number of hydrogen-bond acceptors (Lipinski definition) is 7. The number of carbonyl (C=O) groups is 2. The zero-order valence-electron chi connectivity index (χ0n) is 20.8. The van der Waals surface area contributed by atoms with E-state index in [1.807, 2.05) is 20.8 Å². The topological polar surface area (TPSA) is 128 Å². The number of nitro groups is 1. The number of non-ortho nitro benzene ring substituents is 1. The van der Waals surface area contributed by atoms with Crippen LogP contribution in [0.5, 0.6) is 5.75 Å². The molecule has 10 heteroatoms. The Morgan fingerprint density at radius 1 is 1.19 bits per heavy atom. The Morgan fingerprint density at radius 2 is 1.89 bits per heavy atom. The fraction of sp³-hybridized carbons (Fsp3) is 0.296. The van der Waals surface area contributed by atoms with Gasteiger partial charge >= 0.3 is 0 Å². The highest BCUT2D eigenvalue weighted by Crippen LogP contribution is 2.46. The highest BCUT2D eigenvalue weighted by Gasteiger charge is 2.42. The van der Waals surface area contributed by atoms with Gasteiger partial charge in [0.2, 0.25) is 0 Å². The third kappa shape index (κ3) is 4.57. The number of rotatable bonds is 6. The zero-order valence-corrected chi connectivity index (χ0v) is 20.8. The van der Waals surface area contributed by atoms with Crippen LogP contribution in [0.4, 0.5) is 17.2 Å². The lowest BCUT2D eigenvalue weighted by atomic mass is 9.73. The third-order valence-corrected chi connectivity index (χ3v) is 6.59. The zero-order chi connectivity index (χ0) is 26.3. The van der Waals surface area contributed by atoms with Gasteiger partial charge in [-0.15, -0.1) is 0 Å². The van der Waals surface area contributed by atoms with E-state index in [0.717, 1.165) is 5.70 Å². The Morgan fingerprint density at radius 3 is 2.54 bits per heavy atom. The van der Waals surface area contributed by atoms with Crippen molar-refractivity contribution < 1.29 is 19.2 Å². The van der Waals surface area contributed by atoms with Gasteiger partial charge in [0.25, 0.3) is 11.6 Å². The van der Waals surface area contributed by atoms with Crippen LogP contribution in [0.15, 0.2) is 66.0 Å². The van der Waals surface area contributed by atoms with Crippen LogP contribution < -0.4 is 15.4 Å². The number of benzene rings is 2. The minimum Gasteiger partial charge on any atom is -0.494 e. The number of allylic oxidation sites excluding steroid dienone is 2. The molecule has 1 atom stereocenters. The van der Waals surface area contributed by atoms with Gasteiger partial charge in [-0.3, -0.25) is 19.7 Å². The van der Waals surface area contributed by atoms with Crippen LogP contribution in [-0.2, 0) is 4.79 Å². The molecule has 0 saturated carbocycles. The minimum absolute atomic E-state index is 0.0105. The number of carbonyl (C=O) groups excluding carboxylic acids is 2. The normalized spacial score (nSPS) is 17.9. The monoisotopic (exact) mass is 501 g/mol. The molecule has 1 unspecified atom stereocenters. The molecular formula is C27H27N5O5. The number of nitrogens with zero attached hydrogens (tertiary/aromatic N) is 3. The van der Waals surface area contributed by atoms with Crippen molar-refractivity contribution in [3.05, 3.63) is 87.2 Å². The molecule has 0 bridgehead atoms. The van der Waals surface area contributed by atoms with E-state index in [1.54, 1.807) is 41.1 Å². The van der Waals surface area contributed by atoms with Gasteiger partial charge in [0.1, 0.15) is 23.2 Å². The van der Waals surface area contributed by atoms with Gasteiger partial charge in [-0.1, -0.05) is 13.8 Å². The molecule has 190 valence electrons. The largest absolute Gasteiger partial charge is 0.494 e. The van der Waals surface area contributed by atoms with Gasteiger partial charge in [0.15, 0.2) is 5.78 Å². The summed E-state index contributed by atoms with van der Waals surface area (Å²) in [4.78, 5) is 37.3. The van der Waals surface area contributed by atoms with Crippen molar-refractivity contribution in [2.24, 2.45) is 5.41 Å². The summed E-state index contributed by atoms with van der Waals surface area (Å²) in [5.74, 6) is 0.811. The molecule has 1 aliphatic heterocycles. The molecule has 2 aliphatic rings. The molecule has 1 aromatic heterocycles. The van der Waals surface area contributed by atoms with Gasteiger partial charge in [-0.2, -0.15) is 5.10 Å². The van der Waals surface area contributed by atoms with Crippen LogP contribution in [0.1, 0.15) is 55.6 Å². The molecule has 2 N–H and O–H groups in total. The number of ether oxygens (including phenoxy) is 1. The molecule has 2 heterocycles. The van der Waals surface area contributed by atoms with Crippen LogP contribution in [0.2, 0.25) is 0 Å². The Bertz CT molecular complexity index is 1420. The van der Waals surface area contributed by atoms with E-state index >= 15 is 0 Å². The van der Waals surface area contributed by atoms with Crippen molar-refractivity contribution in [2.75, 3.05) is 17.2 Å². The first-order chi connectivity index (χ1) is 17.7. The van der Waals surface area contributed by atoms with E-state index in [1.165, 1.54) is 18.3 Å². The van der Waals surface area contributed by atoms with Crippen molar-refractivity contribution in [1.82, 2.24) is 9.78 Å². The fourth-order valence-electron chi connectivity index (χ4n) is 4.96. The number of ketones is 1. The highest BCUT2D eigenvalue weighted by atomic mass is 16.6. The first-order valence-electron chi connectivity index (χ1n) is 12.1. The lowest BCUT2D eigenvalue weighted by molar-refractivity contribution is -0.384. The lowest BCUT2D eigenvalue weighted by Gasteiger charge is -2.39.